The molecule has 5 rings (SSSR count). The molecule has 0 amide bonds. The van der Waals surface area contributed by atoms with Crippen molar-refractivity contribution in [3.8, 4) is 0 Å². The predicted octanol–water partition coefficient (Wildman–Crippen LogP) is 7.75. The second-order valence-corrected chi connectivity index (χ2v) is 12.8. The summed E-state index contributed by atoms with van der Waals surface area (Å²) in [6.45, 7) is 11.4. The molecule has 2 N–H and O–H groups in total. The van der Waals surface area contributed by atoms with Crippen LogP contribution < -0.4 is 4.90 Å². The van der Waals surface area contributed by atoms with Gasteiger partial charge in [0.1, 0.15) is 12.8 Å². The zero-order chi connectivity index (χ0) is 30.4. The smallest absolute Gasteiger partial charge is 0.335 e. The molecule has 0 bridgehead atoms. The minimum absolute atomic E-state index is 0.0117. The van der Waals surface area contributed by atoms with Crippen LogP contribution in [0.25, 0.3) is 0 Å². The van der Waals surface area contributed by atoms with Crippen molar-refractivity contribution in [2.75, 3.05) is 18.5 Å². The first kappa shape index (κ1) is 29.6. The summed E-state index contributed by atoms with van der Waals surface area (Å²) in [4.78, 5) is 27.6. The van der Waals surface area contributed by atoms with Gasteiger partial charge in [-0.1, -0.05) is 71.1 Å². The molecule has 2 aromatic rings. The van der Waals surface area contributed by atoms with Crippen molar-refractivity contribution in [2.24, 2.45) is 0 Å². The Morgan fingerprint density at radius 1 is 0.929 bits per heavy atom. The molecule has 0 spiro atoms. The van der Waals surface area contributed by atoms with Gasteiger partial charge >= 0.3 is 5.97 Å². The number of unbranched alkanes of at least 4 members (excludes halogenated alkanes) is 5. The van der Waals surface area contributed by atoms with Crippen molar-refractivity contribution >= 4 is 28.8 Å². The van der Waals surface area contributed by atoms with E-state index in [1.165, 1.54) is 31.2 Å². The van der Waals surface area contributed by atoms with E-state index < -0.39 is 11.4 Å². The molecule has 6 nitrogen and oxygen atoms in total. The fraction of sp³-hybridized carbons (Fsp3) is 0.417. The zero-order valence-corrected chi connectivity index (χ0v) is 25.8. The number of nitrogens with zero attached hydrogens (tertiary/aromatic N) is 2. The maximum absolute atomic E-state index is 13.6. The molecule has 1 aliphatic carbocycles. The minimum atomic E-state index is -0.961. The molecule has 3 aliphatic rings. The number of hydrogen-bond donors (Lipinski definition) is 2. The van der Waals surface area contributed by atoms with Crippen LogP contribution in [-0.2, 0) is 15.6 Å². The number of ketones is 1. The summed E-state index contributed by atoms with van der Waals surface area (Å²) in [7, 11) is 2.00. The highest BCUT2D eigenvalue weighted by Gasteiger charge is 2.46. The Morgan fingerprint density at radius 2 is 1.62 bits per heavy atom. The van der Waals surface area contributed by atoms with E-state index in [1.54, 1.807) is 12.1 Å². The molecule has 0 aromatic heterocycles. The molecular weight excluding hydrogens is 524 g/mol. The largest absolute Gasteiger partial charge is 0.506 e. The van der Waals surface area contributed by atoms with Gasteiger partial charge in [-0.25, -0.2) is 4.79 Å². The number of aliphatic hydroxyl groups excluding tert-OH is 1. The first-order chi connectivity index (χ1) is 19.9. The van der Waals surface area contributed by atoms with E-state index in [4.69, 9.17) is 0 Å². The van der Waals surface area contributed by atoms with Gasteiger partial charge in [0, 0.05) is 41.1 Å². The monoisotopic (exact) mass is 567 g/mol. The predicted molar refractivity (Wildman–Crippen MR) is 168 cm³/mol. The number of anilines is 1. The Bertz CT molecular complexity index is 1580. The number of Topliss-reactive ketones (excluding diaryl/α,β-unsaturated/α-hetero) is 1. The van der Waals surface area contributed by atoms with Gasteiger partial charge in [0.05, 0.1) is 22.1 Å². The van der Waals surface area contributed by atoms with E-state index in [0.717, 1.165) is 47.7 Å². The molecule has 0 saturated heterocycles. The van der Waals surface area contributed by atoms with E-state index in [0.29, 0.717) is 11.1 Å². The number of rotatable bonds is 10. The van der Waals surface area contributed by atoms with Gasteiger partial charge in [-0.15, -0.1) is 0 Å². The van der Waals surface area contributed by atoms with Crippen molar-refractivity contribution in [1.29, 1.82) is 0 Å². The molecule has 0 saturated carbocycles. The Hall–Kier alpha value is -3.93. The number of benzene rings is 2. The molecule has 2 heterocycles. The standard InChI is InChI=1S/C36H42N2O4/c1-7-8-9-10-11-14-19-38-29-18-17-23(34(41)42)20-27(29)36(4,5)31(38)22-25-32(39)24(33(25)40)21-30-35(2,3)26-15-12-13-16-28(26)37(30)6/h12-13,15-18,20-22H,7-11,14,19H2,1-6H3,(H-,39,40,41,42)/p+1. The number of carbonyl (C=O) groups excluding carboxylic acids is 1. The Balaban J connectivity index is 1.50. The van der Waals surface area contributed by atoms with Crippen LogP contribution in [0.3, 0.4) is 0 Å². The first-order valence-electron chi connectivity index (χ1n) is 15.2. The maximum Gasteiger partial charge on any atom is 0.335 e. The van der Waals surface area contributed by atoms with E-state index in [2.05, 4.69) is 56.2 Å². The highest BCUT2D eigenvalue weighted by atomic mass is 16.4. The summed E-state index contributed by atoms with van der Waals surface area (Å²) in [5.41, 5.74) is 6.07. The first-order valence-corrected chi connectivity index (χ1v) is 15.2. The molecule has 42 heavy (non-hydrogen) atoms. The van der Waals surface area contributed by atoms with E-state index >= 15 is 0 Å². The van der Waals surface area contributed by atoms with E-state index in [1.807, 2.05) is 37.4 Å². The molecule has 0 fully saturated rings. The average Bonchev–Trinajstić information content (AvgIpc) is 3.29. The highest BCUT2D eigenvalue weighted by molar-refractivity contribution is 6.24. The quantitative estimate of drug-likeness (QED) is 0.174. The third kappa shape index (κ3) is 4.81. The van der Waals surface area contributed by atoms with Crippen molar-refractivity contribution in [1.82, 2.24) is 0 Å². The molecular formula is C36H43N2O4+. The summed E-state index contributed by atoms with van der Waals surface area (Å²) < 4.78 is 2.10. The molecule has 2 aliphatic heterocycles. The van der Waals surface area contributed by atoms with Crippen LogP contribution in [0.4, 0.5) is 11.4 Å². The molecule has 0 radical (unpaired) electrons. The lowest BCUT2D eigenvalue weighted by Crippen LogP contribution is -2.31. The lowest BCUT2D eigenvalue weighted by Gasteiger charge is -2.29. The zero-order valence-electron chi connectivity index (χ0n) is 25.8. The number of aliphatic hydroxyl groups is 1. The van der Waals surface area contributed by atoms with Crippen LogP contribution in [0.1, 0.15) is 94.6 Å². The van der Waals surface area contributed by atoms with Crippen LogP contribution in [-0.4, -0.2) is 45.8 Å². The number of carboxylic acid groups (broad SMARTS) is 1. The lowest BCUT2D eigenvalue weighted by atomic mass is 9.77. The number of carbonyl (C=O) groups is 2. The third-order valence-electron chi connectivity index (χ3n) is 9.38. The Kier molecular flexibility index (Phi) is 7.78. The highest BCUT2D eigenvalue weighted by Crippen LogP contribution is 2.49. The number of fused-ring (bicyclic) bond motifs is 2. The summed E-state index contributed by atoms with van der Waals surface area (Å²) in [6.07, 6.45) is 10.6. The van der Waals surface area contributed by atoms with Gasteiger partial charge in [0.25, 0.3) is 0 Å². The van der Waals surface area contributed by atoms with Crippen molar-refractivity contribution < 1.29 is 24.4 Å². The molecule has 2 aromatic carbocycles. The third-order valence-corrected chi connectivity index (χ3v) is 9.38. The van der Waals surface area contributed by atoms with Gasteiger partial charge in [-0.3, -0.25) is 4.79 Å². The van der Waals surface area contributed by atoms with Gasteiger partial charge in [0.2, 0.25) is 11.5 Å². The maximum atomic E-state index is 13.6. The van der Waals surface area contributed by atoms with Gasteiger partial charge in [-0.05, 0) is 50.1 Å². The summed E-state index contributed by atoms with van der Waals surface area (Å²) in [5.74, 6) is -1.12. The Labute approximate surface area is 249 Å². The van der Waals surface area contributed by atoms with Crippen molar-refractivity contribution in [3.63, 3.8) is 0 Å². The lowest BCUT2D eigenvalue weighted by molar-refractivity contribution is -0.401. The molecule has 0 unspecified atom stereocenters. The normalized spacial score (nSPS) is 20.4. The van der Waals surface area contributed by atoms with Gasteiger partial charge < -0.3 is 15.1 Å². The summed E-state index contributed by atoms with van der Waals surface area (Å²) in [5, 5.41) is 20.9. The topological polar surface area (TPSA) is 80.8 Å². The van der Waals surface area contributed by atoms with Crippen LogP contribution in [0, 0.1) is 0 Å². The number of aromatic carboxylic acids is 1. The molecule has 0 atom stereocenters. The van der Waals surface area contributed by atoms with Crippen LogP contribution in [0.2, 0.25) is 0 Å². The minimum Gasteiger partial charge on any atom is -0.506 e. The van der Waals surface area contributed by atoms with Crippen LogP contribution in [0.15, 0.2) is 77.2 Å². The van der Waals surface area contributed by atoms with Crippen molar-refractivity contribution in [2.45, 2.75) is 84.0 Å². The number of allylic oxidation sites excluding steroid dienone is 5. The molecule has 220 valence electrons. The van der Waals surface area contributed by atoms with Crippen LogP contribution in [0.5, 0.6) is 0 Å². The average molecular weight is 568 g/mol. The van der Waals surface area contributed by atoms with Gasteiger partial charge in [-0.2, -0.15) is 4.58 Å². The fourth-order valence-corrected chi connectivity index (χ4v) is 6.80. The second-order valence-electron chi connectivity index (χ2n) is 12.8. The Morgan fingerprint density at radius 3 is 2.29 bits per heavy atom. The van der Waals surface area contributed by atoms with Gasteiger partial charge in [0.15, 0.2) is 5.71 Å². The van der Waals surface area contributed by atoms with E-state index in [-0.39, 0.29) is 22.5 Å². The van der Waals surface area contributed by atoms with E-state index in [9.17, 15) is 19.8 Å². The number of para-hydroxylation sites is 1. The van der Waals surface area contributed by atoms with Crippen molar-refractivity contribution in [3.05, 3.63) is 93.9 Å². The fourth-order valence-electron chi connectivity index (χ4n) is 6.80. The van der Waals surface area contributed by atoms with Crippen LogP contribution >= 0.6 is 0 Å². The number of carboxylic acids is 1. The summed E-state index contributed by atoms with van der Waals surface area (Å²) >= 11 is 0. The molecule has 6 heteroatoms. The second kappa shape index (κ2) is 11.0. The summed E-state index contributed by atoms with van der Waals surface area (Å²) in [6, 6.07) is 13.5. The number of hydrogen-bond acceptors (Lipinski definition) is 4. The SMILES string of the molecule is CCCCCCCCN1/C(=C/C2=C(O)C(=C/C3=[N+](C)c4ccccc4C3(C)C)/C2=O)C(C)(C)c2cc(C(=O)O)ccc21.